The number of rotatable bonds is 3. The number of amides is 1. The van der Waals surface area contributed by atoms with Gasteiger partial charge in [-0.05, 0) is 42.5 Å². The molecule has 3 rings (SSSR count). The third-order valence-corrected chi connectivity index (χ3v) is 6.54. The van der Waals surface area contributed by atoms with E-state index in [0.29, 0.717) is 30.5 Å². The maximum absolute atomic E-state index is 12.9. The highest BCUT2D eigenvalue weighted by molar-refractivity contribution is 7.89. The lowest BCUT2D eigenvalue weighted by Crippen LogP contribution is -2.51. The maximum Gasteiger partial charge on any atom is 0.254 e. The number of alkyl halides is 1. The third-order valence-electron chi connectivity index (χ3n) is 4.70. The Balaban J connectivity index is 1.75. The van der Waals surface area contributed by atoms with E-state index >= 15 is 0 Å². The van der Waals surface area contributed by atoms with E-state index in [1.807, 2.05) is 0 Å². The third kappa shape index (κ3) is 3.32. The summed E-state index contributed by atoms with van der Waals surface area (Å²) >= 11 is 0. The van der Waals surface area contributed by atoms with Gasteiger partial charge in [0.15, 0.2) is 0 Å². The summed E-state index contributed by atoms with van der Waals surface area (Å²) in [5, 5.41) is 0. The lowest BCUT2D eigenvalue weighted by molar-refractivity contribution is 0.0400. The van der Waals surface area contributed by atoms with Crippen LogP contribution in [0.15, 0.2) is 29.2 Å². The maximum atomic E-state index is 12.9. The first-order chi connectivity index (χ1) is 11.3. The number of carbonyl (C=O) groups excluding carboxylic acids is 1. The first kappa shape index (κ1) is 17.4. The van der Waals surface area contributed by atoms with Crippen molar-refractivity contribution < 1.29 is 17.6 Å². The fourth-order valence-corrected chi connectivity index (χ4v) is 5.17. The molecule has 0 radical (unpaired) electrons. The molecule has 1 aromatic rings. The number of likely N-dealkylation sites (tertiary alicyclic amines) is 1. The molecular formula is C17H23FN2O3S. The molecule has 7 heteroatoms. The van der Waals surface area contributed by atoms with Crippen LogP contribution in [0, 0.1) is 11.8 Å². The zero-order valence-electron chi connectivity index (χ0n) is 14.0. The SMILES string of the molecule is CC1CC(C)CN(S(=O)(=O)c2ccc(C(=O)N3CC(F)C3)cc2)C1. The van der Waals surface area contributed by atoms with E-state index in [1.54, 1.807) is 0 Å². The summed E-state index contributed by atoms with van der Waals surface area (Å²) < 4.78 is 40.0. The molecule has 2 aliphatic rings. The Morgan fingerprint density at radius 2 is 1.58 bits per heavy atom. The summed E-state index contributed by atoms with van der Waals surface area (Å²) in [5.41, 5.74) is 0.390. The normalized spacial score (nSPS) is 26.2. The highest BCUT2D eigenvalue weighted by Gasteiger charge is 2.33. The van der Waals surface area contributed by atoms with Crippen LogP contribution in [-0.4, -0.2) is 55.9 Å². The molecule has 0 bridgehead atoms. The Morgan fingerprint density at radius 3 is 2.08 bits per heavy atom. The van der Waals surface area contributed by atoms with Crippen molar-refractivity contribution in [3.63, 3.8) is 0 Å². The number of sulfonamides is 1. The van der Waals surface area contributed by atoms with Crippen LogP contribution in [-0.2, 0) is 10.0 Å². The van der Waals surface area contributed by atoms with Crippen molar-refractivity contribution in [2.75, 3.05) is 26.2 Å². The van der Waals surface area contributed by atoms with E-state index in [9.17, 15) is 17.6 Å². The topological polar surface area (TPSA) is 57.7 Å². The van der Waals surface area contributed by atoms with E-state index < -0.39 is 16.2 Å². The van der Waals surface area contributed by atoms with Gasteiger partial charge < -0.3 is 4.90 Å². The molecule has 2 unspecified atom stereocenters. The number of halogens is 1. The van der Waals surface area contributed by atoms with Crippen molar-refractivity contribution in [2.24, 2.45) is 11.8 Å². The molecule has 1 amide bonds. The Morgan fingerprint density at radius 1 is 1.04 bits per heavy atom. The second-order valence-electron chi connectivity index (χ2n) is 7.10. The van der Waals surface area contributed by atoms with E-state index in [4.69, 9.17) is 0 Å². The highest BCUT2D eigenvalue weighted by Crippen LogP contribution is 2.27. The highest BCUT2D eigenvalue weighted by atomic mass is 32.2. The lowest BCUT2D eigenvalue weighted by Gasteiger charge is -2.34. The molecule has 1 aromatic carbocycles. The molecule has 2 atom stereocenters. The zero-order valence-corrected chi connectivity index (χ0v) is 14.8. The molecular weight excluding hydrogens is 331 g/mol. The lowest BCUT2D eigenvalue weighted by atomic mass is 9.94. The van der Waals surface area contributed by atoms with Crippen LogP contribution in [0.25, 0.3) is 0 Å². The first-order valence-electron chi connectivity index (χ1n) is 8.31. The van der Waals surface area contributed by atoms with Crippen molar-refractivity contribution in [3.05, 3.63) is 29.8 Å². The van der Waals surface area contributed by atoms with Gasteiger partial charge in [-0.1, -0.05) is 13.8 Å². The fourth-order valence-electron chi connectivity index (χ4n) is 3.49. The smallest absolute Gasteiger partial charge is 0.254 e. The second-order valence-corrected chi connectivity index (χ2v) is 9.04. The van der Waals surface area contributed by atoms with E-state index in [0.717, 1.165) is 6.42 Å². The fraction of sp³-hybridized carbons (Fsp3) is 0.588. The van der Waals surface area contributed by atoms with Crippen LogP contribution in [0.5, 0.6) is 0 Å². The van der Waals surface area contributed by atoms with Gasteiger partial charge in [0.1, 0.15) is 6.17 Å². The largest absolute Gasteiger partial charge is 0.333 e. The van der Waals surface area contributed by atoms with Crippen molar-refractivity contribution >= 4 is 15.9 Å². The molecule has 0 saturated carbocycles. The summed E-state index contributed by atoms with van der Waals surface area (Å²) in [7, 11) is -3.54. The van der Waals surface area contributed by atoms with Gasteiger partial charge in [-0.15, -0.1) is 0 Å². The van der Waals surface area contributed by atoms with E-state index in [2.05, 4.69) is 13.8 Å². The number of carbonyl (C=O) groups is 1. The Bertz CT molecular complexity index is 704. The second kappa shape index (κ2) is 6.44. The summed E-state index contributed by atoms with van der Waals surface area (Å²) in [5.74, 6) is 0.418. The summed E-state index contributed by atoms with van der Waals surface area (Å²) in [6, 6.07) is 5.97. The molecule has 5 nitrogen and oxygen atoms in total. The monoisotopic (exact) mass is 354 g/mol. The molecule has 132 valence electrons. The minimum Gasteiger partial charge on any atom is -0.333 e. The van der Waals surface area contributed by atoms with Gasteiger partial charge in [-0.2, -0.15) is 4.31 Å². The van der Waals surface area contributed by atoms with Gasteiger partial charge in [-0.25, -0.2) is 12.8 Å². The Labute approximate surface area is 142 Å². The van der Waals surface area contributed by atoms with Crippen molar-refractivity contribution in [1.29, 1.82) is 0 Å². The molecule has 2 saturated heterocycles. The molecule has 2 aliphatic heterocycles. The predicted molar refractivity (Wildman–Crippen MR) is 88.9 cm³/mol. The van der Waals surface area contributed by atoms with Crippen LogP contribution >= 0.6 is 0 Å². The molecule has 0 aliphatic carbocycles. The molecule has 2 heterocycles. The van der Waals surface area contributed by atoms with E-state index in [1.165, 1.54) is 33.5 Å². The Kier molecular flexibility index (Phi) is 4.66. The van der Waals surface area contributed by atoms with Crippen LogP contribution in [0.4, 0.5) is 4.39 Å². The number of piperidine rings is 1. The summed E-state index contributed by atoms with van der Waals surface area (Å²) in [6.07, 6.45) is 0.0851. The molecule has 24 heavy (non-hydrogen) atoms. The number of benzene rings is 1. The van der Waals surface area contributed by atoms with Crippen LogP contribution in [0.2, 0.25) is 0 Å². The van der Waals surface area contributed by atoms with Crippen LogP contribution in [0.3, 0.4) is 0 Å². The predicted octanol–water partition coefficient (Wildman–Crippen LogP) is 2.15. The van der Waals surface area contributed by atoms with Crippen molar-refractivity contribution in [3.8, 4) is 0 Å². The first-order valence-corrected chi connectivity index (χ1v) is 9.75. The minimum atomic E-state index is -3.54. The summed E-state index contributed by atoms with van der Waals surface area (Å²) in [6.45, 7) is 5.40. The Hall–Kier alpha value is -1.47. The van der Waals surface area contributed by atoms with Crippen molar-refractivity contribution in [2.45, 2.75) is 31.3 Å². The minimum absolute atomic E-state index is 0.114. The molecule has 0 aromatic heterocycles. The van der Waals surface area contributed by atoms with Gasteiger partial charge in [0.25, 0.3) is 5.91 Å². The molecule has 0 spiro atoms. The zero-order chi connectivity index (χ0) is 17.5. The van der Waals surface area contributed by atoms with Crippen LogP contribution in [0.1, 0.15) is 30.6 Å². The number of hydrogen-bond acceptors (Lipinski definition) is 3. The van der Waals surface area contributed by atoms with Crippen LogP contribution < -0.4 is 0 Å². The van der Waals surface area contributed by atoms with Gasteiger partial charge >= 0.3 is 0 Å². The standard InChI is InChI=1S/C17H23FN2O3S/c1-12-7-13(2)9-20(8-12)24(22,23)16-5-3-14(4-6-16)17(21)19-10-15(18)11-19/h3-6,12-13,15H,7-11H2,1-2H3. The number of hydrogen-bond donors (Lipinski definition) is 0. The quantitative estimate of drug-likeness (QED) is 0.836. The van der Waals surface area contributed by atoms with Crippen molar-refractivity contribution in [1.82, 2.24) is 9.21 Å². The molecule has 0 N–H and O–H groups in total. The number of nitrogens with zero attached hydrogens (tertiary/aromatic N) is 2. The molecule has 2 fully saturated rings. The average molecular weight is 354 g/mol. The summed E-state index contributed by atoms with van der Waals surface area (Å²) in [4.78, 5) is 13.7. The van der Waals surface area contributed by atoms with Gasteiger partial charge in [-0.3, -0.25) is 4.79 Å². The van der Waals surface area contributed by atoms with Gasteiger partial charge in [0.2, 0.25) is 10.0 Å². The van der Waals surface area contributed by atoms with Gasteiger partial charge in [0.05, 0.1) is 18.0 Å². The van der Waals surface area contributed by atoms with E-state index in [-0.39, 0.29) is 23.9 Å². The van der Waals surface area contributed by atoms with Gasteiger partial charge in [0, 0.05) is 18.7 Å². The average Bonchev–Trinajstić information content (AvgIpc) is 2.50.